The van der Waals surface area contributed by atoms with Crippen LogP contribution in [0.5, 0.6) is 0 Å². The molecule has 0 aliphatic rings. The molecule has 1 amide bonds. The third kappa shape index (κ3) is 4.56. The first-order valence-electron chi connectivity index (χ1n) is 7.01. The molecule has 0 saturated heterocycles. The normalized spacial score (nSPS) is 10.6. The Hall–Kier alpha value is -2.35. The van der Waals surface area contributed by atoms with Gasteiger partial charge in [-0.05, 0) is 38.1 Å². The third-order valence-electron chi connectivity index (χ3n) is 3.02. The number of aromatic nitrogens is 3. The summed E-state index contributed by atoms with van der Waals surface area (Å²) >= 11 is 1.32. The largest absolute Gasteiger partial charge is 0.465 e. The van der Waals surface area contributed by atoms with Crippen molar-refractivity contribution in [3.63, 3.8) is 0 Å². The first kappa shape index (κ1) is 17.0. The van der Waals surface area contributed by atoms with Crippen LogP contribution >= 0.6 is 11.8 Å². The first-order chi connectivity index (χ1) is 11.0. The summed E-state index contributed by atoms with van der Waals surface area (Å²) in [6.45, 7) is 4.05. The smallest absolute Gasteiger partial charge is 0.337 e. The summed E-state index contributed by atoms with van der Waals surface area (Å²) in [7, 11) is 1.32. The molecule has 0 aliphatic heterocycles. The molecule has 2 aromatic rings. The standard InChI is InChI=1S/C15H18N4O3S/c1-10(2)19-9-16-18-15(19)23-8-13(20)17-12-6-4-11(5-7-12)14(21)22-3/h4-7,9-10H,8H2,1-3H3,(H,17,20). The minimum Gasteiger partial charge on any atom is -0.465 e. The van der Waals surface area contributed by atoms with Gasteiger partial charge < -0.3 is 14.6 Å². The second-order valence-corrected chi connectivity index (χ2v) is 5.96. The number of thioether (sulfide) groups is 1. The average Bonchev–Trinajstić information content (AvgIpc) is 3.01. The Kier molecular flexibility index (Phi) is 5.75. The van der Waals surface area contributed by atoms with E-state index in [1.165, 1.54) is 18.9 Å². The van der Waals surface area contributed by atoms with Crippen LogP contribution in [0.2, 0.25) is 0 Å². The molecule has 0 bridgehead atoms. The number of hydrogen-bond donors (Lipinski definition) is 1. The number of carbonyl (C=O) groups is 2. The Morgan fingerprint density at radius 2 is 2.00 bits per heavy atom. The lowest BCUT2D eigenvalue weighted by Gasteiger charge is -2.09. The SMILES string of the molecule is COC(=O)c1ccc(NC(=O)CSc2nncn2C(C)C)cc1. The minimum absolute atomic E-state index is 0.154. The van der Waals surface area contributed by atoms with Gasteiger partial charge in [-0.25, -0.2) is 4.79 Å². The van der Waals surface area contributed by atoms with E-state index < -0.39 is 5.97 Å². The van der Waals surface area contributed by atoms with E-state index in [-0.39, 0.29) is 17.7 Å². The van der Waals surface area contributed by atoms with E-state index in [0.717, 1.165) is 0 Å². The Balaban J connectivity index is 1.89. The lowest BCUT2D eigenvalue weighted by atomic mass is 10.2. The van der Waals surface area contributed by atoms with Gasteiger partial charge in [-0.2, -0.15) is 0 Å². The highest BCUT2D eigenvalue weighted by atomic mass is 32.2. The number of amides is 1. The molecular weight excluding hydrogens is 316 g/mol. The molecule has 0 saturated carbocycles. The van der Waals surface area contributed by atoms with Gasteiger partial charge in [0, 0.05) is 11.7 Å². The van der Waals surface area contributed by atoms with Gasteiger partial charge in [0.15, 0.2) is 5.16 Å². The van der Waals surface area contributed by atoms with E-state index in [1.807, 2.05) is 18.4 Å². The Labute approximate surface area is 138 Å². The maximum absolute atomic E-state index is 12.0. The van der Waals surface area contributed by atoms with Crippen molar-refractivity contribution >= 4 is 29.3 Å². The second-order valence-electron chi connectivity index (χ2n) is 5.02. The number of esters is 1. The predicted molar refractivity (Wildman–Crippen MR) is 87.5 cm³/mol. The fourth-order valence-electron chi connectivity index (χ4n) is 1.82. The molecule has 1 aromatic carbocycles. The predicted octanol–water partition coefficient (Wildman–Crippen LogP) is 2.38. The van der Waals surface area contributed by atoms with Crippen molar-refractivity contribution in [1.29, 1.82) is 0 Å². The molecule has 1 N–H and O–H groups in total. The van der Waals surface area contributed by atoms with Gasteiger partial charge in [0.2, 0.25) is 5.91 Å². The zero-order chi connectivity index (χ0) is 16.8. The van der Waals surface area contributed by atoms with Crippen molar-refractivity contribution in [2.24, 2.45) is 0 Å². The molecule has 0 radical (unpaired) electrons. The number of rotatable bonds is 6. The Bertz CT molecular complexity index is 682. The number of ether oxygens (including phenoxy) is 1. The van der Waals surface area contributed by atoms with E-state index in [0.29, 0.717) is 16.4 Å². The van der Waals surface area contributed by atoms with E-state index in [9.17, 15) is 9.59 Å². The number of carbonyl (C=O) groups excluding carboxylic acids is 2. The maximum Gasteiger partial charge on any atom is 0.337 e. The fraction of sp³-hybridized carbons (Fsp3) is 0.333. The number of benzene rings is 1. The molecule has 0 fully saturated rings. The molecule has 0 atom stereocenters. The molecule has 1 heterocycles. The molecule has 23 heavy (non-hydrogen) atoms. The number of nitrogens with zero attached hydrogens (tertiary/aromatic N) is 3. The van der Waals surface area contributed by atoms with Crippen molar-refractivity contribution < 1.29 is 14.3 Å². The van der Waals surface area contributed by atoms with Crippen molar-refractivity contribution in [2.75, 3.05) is 18.2 Å². The van der Waals surface area contributed by atoms with E-state index >= 15 is 0 Å². The molecule has 122 valence electrons. The van der Waals surface area contributed by atoms with Crippen LogP contribution in [-0.4, -0.2) is 39.5 Å². The first-order valence-corrected chi connectivity index (χ1v) is 8.00. The van der Waals surface area contributed by atoms with Crippen molar-refractivity contribution in [3.8, 4) is 0 Å². The van der Waals surface area contributed by atoms with Crippen LogP contribution in [0.25, 0.3) is 0 Å². The molecule has 7 nitrogen and oxygen atoms in total. The van der Waals surface area contributed by atoms with Crippen molar-refractivity contribution in [2.45, 2.75) is 25.0 Å². The number of methoxy groups -OCH3 is 1. The summed E-state index contributed by atoms with van der Waals surface area (Å²) in [6, 6.07) is 6.76. The number of hydrogen-bond acceptors (Lipinski definition) is 6. The lowest BCUT2D eigenvalue weighted by Crippen LogP contribution is -2.15. The molecule has 0 aliphatic carbocycles. The average molecular weight is 334 g/mol. The Morgan fingerprint density at radius 3 is 2.61 bits per heavy atom. The molecule has 0 spiro atoms. The van der Waals surface area contributed by atoms with E-state index in [4.69, 9.17) is 0 Å². The lowest BCUT2D eigenvalue weighted by molar-refractivity contribution is -0.113. The summed E-state index contributed by atoms with van der Waals surface area (Å²) < 4.78 is 6.53. The van der Waals surface area contributed by atoms with Crippen molar-refractivity contribution in [3.05, 3.63) is 36.2 Å². The second kappa shape index (κ2) is 7.77. The zero-order valence-corrected chi connectivity index (χ0v) is 14.0. The summed E-state index contributed by atoms with van der Waals surface area (Å²) in [5.41, 5.74) is 1.05. The highest BCUT2D eigenvalue weighted by molar-refractivity contribution is 7.99. The van der Waals surface area contributed by atoms with Crippen LogP contribution in [0, 0.1) is 0 Å². The van der Waals surface area contributed by atoms with Crippen LogP contribution in [0.1, 0.15) is 30.2 Å². The van der Waals surface area contributed by atoms with Gasteiger partial charge in [0.1, 0.15) is 6.33 Å². The topological polar surface area (TPSA) is 86.1 Å². The van der Waals surface area contributed by atoms with Gasteiger partial charge in [-0.1, -0.05) is 11.8 Å². The zero-order valence-electron chi connectivity index (χ0n) is 13.1. The quantitative estimate of drug-likeness (QED) is 0.645. The van der Waals surface area contributed by atoms with Gasteiger partial charge in [-0.3, -0.25) is 4.79 Å². The highest BCUT2D eigenvalue weighted by Gasteiger charge is 2.11. The third-order valence-corrected chi connectivity index (χ3v) is 3.98. The van der Waals surface area contributed by atoms with Crippen LogP contribution in [-0.2, 0) is 9.53 Å². The van der Waals surface area contributed by atoms with Gasteiger partial charge in [-0.15, -0.1) is 10.2 Å². The highest BCUT2D eigenvalue weighted by Crippen LogP contribution is 2.19. The van der Waals surface area contributed by atoms with Gasteiger partial charge in [0.25, 0.3) is 0 Å². The van der Waals surface area contributed by atoms with E-state index in [1.54, 1.807) is 30.6 Å². The van der Waals surface area contributed by atoms with Gasteiger partial charge >= 0.3 is 5.97 Å². The number of anilines is 1. The van der Waals surface area contributed by atoms with Crippen LogP contribution < -0.4 is 5.32 Å². The number of nitrogens with one attached hydrogen (secondary N) is 1. The molecule has 8 heteroatoms. The fourth-order valence-corrected chi connectivity index (χ4v) is 2.67. The van der Waals surface area contributed by atoms with Crippen LogP contribution in [0.15, 0.2) is 35.7 Å². The maximum atomic E-state index is 12.0. The van der Waals surface area contributed by atoms with Crippen LogP contribution in [0.4, 0.5) is 5.69 Å². The van der Waals surface area contributed by atoms with Crippen LogP contribution in [0.3, 0.4) is 0 Å². The van der Waals surface area contributed by atoms with Gasteiger partial charge in [0.05, 0.1) is 18.4 Å². The molecular formula is C15H18N4O3S. The monoisotopic (exact) mass is 334 g/mol. The summed E-state index contributed by atoms with van der Waals surface area (Å²) in [5.74, 6) is -0.338. The molecule has 2 rings (SSSR count). The summed E-state index contributed by atoms with van der Waals surface area (Å²) in [5, 5.41) is 11.3. The summed E-state index contributed by atoms with van der Waals surface area (Å²) in [4.78, 5) is 23.3. The molecule has 0 unspecified atom stereocenters. The van der Waals surface area contributed by atoms with E-state index in [2.05, 4.69) is 20.3 Å². The van der Waals surface area contributed by atoms with Crippen molar-refractivity contribution in [1.82, 2.24) is 14.8 Å². The Morgan fingerprint density at radius 1 is 1.30 bits per heavy atom. The molecule has 1 aromatic heterocycles. The minimum atomic E-state index is -0.411. The summed E-state index contributed by atoms with van der Waals surface area (Å²) in [6.07, 6.45) is 1.65.